The third-order valence-corrected chi connectivity index (χ3v) is 7.97. The van der Waals surface area contributed by atoms with Crippen LogP contribution >= 0.6 is 38.9 Å². The van der Waals surface area contributed by atoms with Gasteiger partial charge in [0.25, 0.3) is 0 Å². The lowest BCUT2D eigenvalue weighted by atomic mass is 10.0. The molecule has 0 saturated carbocycles. The van der Waals surface area contributed by atoms with Gasteiger partial charge in [0.2, 0.25) is 10.0 Å². The van der Waals surface area contributed by atoms with E-state index in [4.69, 9.17) is 11.6 Å². The summed E-state index contributed by atoms with van der Waals surface area (Å²) in [5, 5.41) is 0. The van der Waals surface area contributed by atoms with Crippen LogP contribution in [0.4, 0.5) is 0 Å². The Hall–Kier alpha value is 0.380. The number of rotatable bonds is 5. The van der Waals surface area contributed by atoms with Crippen LogP contribution < -0.4 is 0 Å². The molecule has 1 atom stereocenters. The zero-order valence-corrected chi connectivity index (χ0v) is 14.7. The molecule has 0 bridgehead atoms. The molecule has 0 amide bonds. The van der Waals surface area contributed by atoms with Crippen molar-refractivity contribution in [2.24, 2.45) is 5.92 Å². The van der Waals surface area contributed by atoms with Gasteiger partial charge in [0.15, 0.2) is 0 Å². The predicted molar refractivity (Wildman–Crippen MR) is 83.3 cm³/mol. The number of hydrogen-bond acceptors (Lipinski definition) is 3. The SMILES string of the molecule is CCCC1CCN(S(=O)(=O)c2cc(CCl)sc2Br)C1. The van der Waals surface area contributed by atoms with E-state index in [1.807, 2.05) is 0 Å². The van der Waals surface area contributed by atoms with Crippen molar-refractivity contribution >= 4 is 48.9 Å². The highest BCUT2D eigenvalue weighted by Crippen LogP contribution is 2.36. The molecule has 108 valence electrons. The molecular weight excluding hydrogens is 370 g/mol. The summed E-state index contributed by atoms with van der Waals surface area (Å²) >= 11 is 10.5. The summed E-state index contributed by atoms with van der Waals surface area (Å²) in [6.07, 6.45) is 3.18. The molecule has 0 spiro atoms. The first-order chi connectivity index (χ1) is 8.98. The number of alkyl halides is 1. The molecule has 0 aliphatic carbocycles. The van der Waals surface area contributed by atoms with Crippen molar-refractivity contribution in [3.8, 4) is 0 Å². The molecule has 0 aromatic carbocycles. The van der Waals surface area contributed by atoms with E-state index in [2.05, 4.69) is 22.9 Å². The van der Waals surface area contributed by atoms with E-state index in [1.54, 1.807) is 10.4 Å². The zero-order valence-electron chi connectivity index (χ0n) is 10.7. The fourth-order valence-corrected chi connectivity index (χ4v) is 6.69. The average Bonchev–Trinajstić information content (AvgIpc) is 2.96. The molecule has 3 nitrogen and oxygen atoms in total. The average molecular weight is 387 g/mol. The second kappa shape index (κ2) is 6.43. The van der Waals surface area contributed by atoms with Gasteiger partial charge in [-0.05, 0) is 40.8 Å². The first-order valence-electron chi connectivity index (χ1n) is 6.33. The first-order valence-corrected chi connectivity index (χ1v) is 9.91. The molecule has 19 heavy (non-hydrogen) atoms. The Kier molecular flexibility index (Phi) is 5.34. The van der Waals surface area contributed by atoms with Gasteiger partial charge in [0.1, 0.15) is 4.90 Å². The maximum atomic E-state index is 12.6. The minimum absolute atomic E-state index is 0.344. The van der Waals surface area contributed by atoms with Crippen molar-refractivity contribution in [3.05, 3.63) is 14.7 Å². The van der Waals surface area contributed by atoms with Crippen LogP contribution in [0.1, 0.15) is 31.1 Å². The van der Waals surface area contributed by atoms with Gasteiger partial charge in [0, 0.05) is 18.0 Å². The minimum Gasteiger partial charge on any atom is -0.207 e. The van der Waals surface area contributed by atoms with Crippen molar-refractivity contribution in [1.82, 2.24) is 4.31 Å². The van der Waals surface area contributed by atoms with Gasteiger partial charge in [-0.25, -0.2) is 8.42 Å². The quantitative estimate of drug-likeness (QED) is 0.716. The molecule has 1 aromatic rings. The maximum Gasteiger partial charge on any atom is 0.245 e. The van der Waals surface area contributed by atoms with Gasteiger partial charge in [-0.2, -0.15) is 4.31 Å². The summed E-state index contributed by atoms with van der Waals surface area (Å²) < 4.78 is 27.5. The van der Waals surface area contributed by atoms with Crippen molar-refractivity contribution in [2.75, 3.05) is 13.1 Å². The first kappa shape index (κ1) is 15.8. The molecule has 7 heteroatoms. The van der Waals surface area contributed by atoms with Crippen molar-refractivity contribution < 1.29 is 8.42 Å². The van der Waals surface area contributed by atoms with Crippen LogP contribution in [0.15, 0.2) is 14.7 Å². The molecule has 1 fully saturated rings. The summed E-state index contributed by atoms with van der Waals surface area (Å²) in [5.74, 6) is 0.849. The maximum absolute atomic E-state index is 12.6. The molecule has 2 rings (SSSR count). The smallest absolute Gasteiger partial charge is 0.207 e. The van der Waals surface area contributed by atoms with Gasteiger partial charge in [-0.3, -0.25) is 0 Å². The number of hydrogen-bond donors (Lipinski definition) is 0. The zero-order chi connectivity index (χ0) is 14.0. The molecule has 1 aliphatic rings. The Morgan fingerprint density at radius 2 is 2.32 bits per heavy atom. The minimum atomic E-state index is -3.37. The van der Waals surface area contributed by atoms with Gasteiger partial charge >= 0.3 is 0 Å². The lowest BCUT2D eigenvalue weighted by Crippen LogP contribution is -2.28. The Morgan fingerprint density at radius 1 is 1.58 bits per heavy atom. The lowest BCUT2D eigenvalue weighted by molar-refractivity contribution is 0.444. The Morgan fingerprint density at radius 3 is 2.89 bits per heavy atom. The van der Waals surface area contributed by atoms with Crippen molar-refractivity contribution in [3.63, 3.8) is 0 Å². The van der Waals surface area contributed by atoms with Crippen LogP contribution in [0.3, 0.4) is 0 Å². The normalized spacial score (nSPS) is 21.1. The number of sulfonamides is 1. The lowest BCUT2D eigenvalue weighted by Gasteiger charge is -2.16. The summed E-state index contributed by atoms with van der Waals surface area (Å²) in [6.45, 7) is 3.42. The van der Waals surface area contributed by atoms with Crippen molar-refractivity contribution in [1.29, 1.82) is 0 Å². The van der Waals surface area contributed by atoms with Gasteiger partial charge < -0.3 is 0 Å². The topological polar surface area (TPSA) is 37.4 Å². The third-order valence-electron chi connectivity index (χ3n) is 3.40. The van der Waals surface area contributed by atoms with Crippen LogP contribution in [0, 0.1) is 5.92 Å². The van der Waals surface area contributed by atoms with E-state index in [0.717, 1.165) is 24.1 Å². The van der Waals surface area contributed by atoms with Crippen molar-refractivity contribution in [2.45, 2.75) is 37.0 Å². The second-order valence-corrected chi connectivity index (χ2v) is 9.42. The highest BCUT2D eigenvalue weighted by molar-refractivity contribution is 9.11. The molecule has 0 radical (unpaired) electrons. The van der Waals surface area contributed by atoms with Gasteiger partial charge in [-0.1, -0.05) is 13.3 Å². The van der Waals surface area contributed by atoms with Crippen LogP contribution in [-0.4, -0.2) is 25.8 Å². The highest BCUT2D eigenvalue weighted by atomic mass is 79.9. The summed E-state index contributed by atoms with van der Waals surface area (Å²) in [7, 11) is -3.37. The van der Waals surface area contributed by atoms with Crippen LogP contribution in [0.2, 0.25) is 0 Å². The van der Waals surface area contributed by atoms with E-state index in [1.165, 1.54) is 11.3 Å². The molecule has 0 N–H and O–H groups in total. The summed E-state index contributed by atoms with van der Waals surface area (Å²) in [5.41, 5.74) is 0. The van der Waals surface area contributed by atoms with Crippen LogP contribution in [0.5, 0.6) is 0 Å². The standard InChI is InChI=1S/C12H17BrClNO2S2/c1-2-3-9-4-5-15(8-9)19(16,17)11-6-10(7-14)18-12(11)13/h6,9H,2-5,7-8H2,1H3. The Balaban J connectivity index is 2.21. The van der Waals surface area contributed by atoms with Gasteiger partial charge in [-0.15, -0.1) is 22.9 Å². The molecule has 1 aromatic heterocycles. The Labute approximate surface area is 132 Å². The number of thiophene rings is 1. The molecular formula is C12H17BrClNO2S2. The molecule has 1 unspecified atom stereocenters. The fourth-order valence-electron chi connectivity index (χ4n) is 2.44. The molecule has 1 aliphatic heterocycles. The van der Waals surface area contributed by atoms with E-state index < -0.39 is 10.0 Å². The monoisotopic (exact) mass is 385 g/mol. The van der Waals surface area contributed by atoms with E-state index >= 15 is 0 Å². The summed E-state index contributed by atoms with van der Waals surface area (Å²) in [6, 6.07) is 1.68. The number of halogens is 2. The predicted octanol–water partition coefficient (Wildman–Crippen LogP) is 4.06. The van der Waals surface area contributed by atoms with Gasteiger partial charge in [0.05, 0.1) is 9.67 Å². The molecule has 2 heterocycles. The third kappa shape index (κ3) is 3.35. The summed E-state index contributed by atoms with van der Waals surface area (Å²) in [4.78, 5) is 1.24. The largest absolute Gasteiger partial charge is 0.245 e. The fraction of sp³-hybridized carbons (Fsp3) is 0.667. The van der Waals surface area contributed by atoms with Crippen LogP contribution in [-0.2, 0) is 15.9 Å². The molecule has 1 saturated heterocycles. The van der Waals surface area contributed by atoms with E-state index in [9.17, 15) is 8.42 Å². The Bertz CT molecular complexity index is 544. The number of nitrogens with zero attached hydrogens (tertiary/aromatic N) is 1. The van der Waals surface area contributed by atoms with E-state index in [-0.39, 0.29) is 0 Å². The second-order valence-electron chi connectivity index (χ2n) is 4.79. The highest BCUT2D eigenvalue weighted by Gasteiger charge is 2.34. The van der Waals surface area contributed by atoms with E-state index in [0.29, 0.717) is 33.6 Å². The van der Waals surface area contributed by atoms with Crippen LogP contribution in [0.25, 0.3) is 0 Å².